The Labute approximate surface area is 159 Å². The van der Waals surface area contributed by atoms with E-state index in [-0.39, 0.29) is 16.6 Å². The third-order valence-corrected chi connectivity index (χ3v) is 4.49. The number of benzene rings is 1. The molecule has 0 spiro atoms. The number of halogens is 1. The molecule has 0 bridgehead atoms. The van der Waals surface area contributed by atoms with Gasteiger partial charge in [0, 0.05) is 25.5 Å². The van der Waals surface area contributed by atoms with Crippen LogP contribution in [0, 0.1) is 6.92 Å². The van der Waals surface area contributed by atoms with E-state index in [9.17, 15) is 14.4 Å². The molecule has 140 valence electrons. The number of hydrogen-bond donors (Lipinski definition) is 1. The lowest BCUT2D eigenvalue weighted by Crippen LogP contribution is -2.38. The van der Waals surface area contributed by atoms with Gasteiger partial charge in [-0.2, -0.15) is 0 Å². The molecule has 0 fully saturated rings. The minimum Gasteiger partial charge on any atom is -0.495 e. The molecule has 3 rings (SSSR count). The molecule has 1 amide bonds. The largest absolute Gasteiger partial charge is 0.495 e. The van der Waals surface area contributed by atoms with Gasteiger partial charge in [0.15, 0.2) is 0 Å². The minimum atomic E-state index is -0.585. The van der Waals surface area contributed by atoms with Gasteiger partial charge in [-0.3, -0.25) is 18.7 Å². The van der Waals surface area contributed by atoms with Crippen molar-refractivity contribution in [2.75, 3.05) is 12.4 Å². The Hall–Kier alpha value is -3.13. The average Bonchev–Trinajstić information content (AvgIpc) is 2.64. The quantitative estimate of drug-likeness (QED) is 0.738. The Morgan fingerprint density at radius 3 is 2.52 bits per heavy atom. The van der Waals surface area contributed by atoms with E-state index >= 15 is 0 Å². The molecule has 0 atom stereocenters. The van der Waals surface area contributed by atoms with Crippen LogP contribution in [0.3, 0.4) is 0 Å². The van der Waals surface area contributed by atoms with E-state index < -0.39 is 17.2 Å². The molecular formula is C18H17ClN4O4. The number of methoxy groups -OCH3 is 1. The first-order valence-corrected chi connectivity index (χ1v) is 8.34. The number of amides is 1. The summed E-state index contributed by atoms with van der Waals surface area (Å²) in [6.07, 6.45) is 0. The lowest BCUT2D eigenvalue weighted by molar-refractivity contribution is 0.102. The molecule has 0 saturated heterocycles. The van der Waals surface area contributed by atoms with E-state index in [4.69, 9.17) is 16.3 Å². The van der Waals surface area contributed by atoms with Gasteiger partial charge in [-0.05, 0) is 31.2 Å². The van der Waals surface area contributed by atoms with Crippen LogP contribution in [0.15, 0.2) is 33.9 Å². The van der Waals surface area contributed by atoms with Gasteiger partial charge in [-0.25, -0.2) is 9.78 Å². The van der Waals surface area contributed by atoms with Crippen molar-refractivity contribution in [3.05, 3.63) is 61.4 Å². The van der Waals surface area contributed by atoms with Gasteiger partial charge in [0.25, 0.3) is 11.5 Å². The number of rotatable bonds is 3. The monoisotopic (exact) mass is 388 g/mol. The van der Waals surface area contributed by atoms with Crippen molar-refractivity contribution >= 4 is 34.2 Å². The number of nitrogens with one attached hydrogen (secondary N) is 1. The number of fused-ring (bicyclic) bond motifs is 1. The van der Waals surface area contributed by atoms with Gasteiger partial charge >= 0.3 is 5.69 Å². The summed E-state index contributed by atoms with van der Waals surface area (Å²) >= 11 is 6.09. The van der Waals surface area contributed by atoms with Gasteiger partial charge in [0.05, 0.1) is 23.1 Å². The van der Waals surface area contributed by atoms with Crippen molar-refractivity contribution in [1.82, 2.24) is 14.1 Å². The number of aromatic nitrogens is 3. The number of pyridine rings is 1. The Kier molecular flexibility index (Phi) is 4.75. The Balaban J connectivity index is 2.16. The summed E-state index contributed by atoms with van der Waals surface area (Å²) in [5, 5.41) is 3.12. The number of anilines is 1. The van der Waals surface area contributed by atoms with Crippen molar-refractivity contribution in [2.45, 2.75) is 6.92 Å². The number of aryl methyl sites for hydroxylation is 2. The zero-order valence-corrected chi connectivity index (χ0v) is 15.9. The molecule has 9 heteroatoms. The van der Waals surface area contributed by atoms with Crippen LogP contribution in [-0.2, 0) is 14.1 Å². The fraction of sp³-hybridized carbons (Fsp3) is 0.222. The fourth-order valence-electron chi connectivity index (χ4n) is 2.80. The second-order valence-electron chi connectivity index (χ2n) is 6.02. The molecule has 0 aliphatic heterocycles. The number of hydrogen-bond acceptors (Lipinski definition) is 5. The summed E-state index contributed by atoms with van der Waals surface area (Å²) in [6, 6.07) is 6.31. The fourth-order valence-corrected chi connectivity index (χ4v) is 3.06. The maximum Gasteiger partial charge on any atom is 0.332 e. The minimum absolute atomic E-state index is 0.0716. The van der Waals surface area contributed by atoms with E-state index in [2.05, 4.69) is 10.3 Å². The van der Waals surface area contributed by atoms with Crippen molar-refractivity contribution in [1.29, 1.82) is 0 Å². The molecule has 0 radical (unpaired) electrons. The first-order valence-electron chi connectivity index (χ1n) is 7.97. The lowest BCUT2D eigenvalue weighted by atomic mass is 10.1. The first kappa shape index (κ1) is 18.7. The molecule has 27 heavy (non-hydrogen) atoms. The summed E-state index contributed by atoms with van der Waals surface area (Å²) in [5.74, 6) is -0.0359. The lowest BCUT2D eigenvalue weighted by Gasteiger charge is -2.12. The molecule has 8 nitrogen and oxygen atoms in total. The van der Waals surface area contributed by atoms with Crippen molar-refractivity contribution in [3.8, 4) is 5.75 Å². The molecule has 0 saturated carbocycles. The smallest absolute Gasteiger partial charge is 0.332 e. The molecule has 0 unspecified atom stereocenters. The molecule has 1 N–H and O–H groups in total. The Morgan fingerprint density at radius 1 is 1.19 bits per heavy atom. The molecule has 2 aromatic heterocycles. The molecule has 0 aliphatic carbocycles. The van der Waals surface area contributed by atoms with Crippen LogP contribution in [0.4, 0.5) is 5.69 Å². The van der Waals surface area contributed by atoms with Gasteiger partial charge in [-0.15, -0.1) is 0 Å². The predicted molar refractivity (Wildman–Crippen MR) is 103 cm³/mol. The predicted octanol–water partition coefficient (Wildman–Crippen LogP) is 1.85. The van der Waals surface area contributed by atoms with Gasteiger partial charge in [0.2, 0.25) is 0 Å². The van der Waals surface area contributed by atoms with Gasteiger partial charge < -0.3 is 10.1 Å². The van der Waals surface area contributed by atoms with E-state index in [1.165, 1.54) is 31.8 Å². The third kappa shape index (κ3) is 3.19. The second kappa shape index (κ2) is 6.88. The van der Waals surface area contributed by atoms with Gasteiger partial charge in [-0.1, -0.05) is 11.6 Å². The number of nitrogens with zero attached hydrogens (tertiary/aromatic N) is 3. The van der Waals surface area contributed by atoms with Crippen LogP contribution in [0.1, 0.15) is 16.1 Å². The normalized spacial score (nSPS) is 10.9. The zero-order chi connectivity index (χ0) is 19.9. The number of carbonyl (C=O) groups excluding carboxylic acids is 1. The van der Waals surface area contributed by atoms with Crippen LogP contribution < -0.4 is 21.3 Å². The highest BCUT2D eigenvalue weighted by Gasteiger charge is 2.19. The summed E-state index contributed by atoms with van der Waals surface area (Å²) in [5.41, 5.74) is 0.123. The standard InChI is InChI=1S/C18H17ClN4O4/c1-9-7-11(14-15(20-9)22(2)18(26)23(3)17(14)25)16(24)21-10-5-6-13(27-4)12(19)8-10/h5-8H,1-4H3,(H,21,24). The number of carbonyl (C=O) groups is 1. The van der Waals surface area contributed by atoms with E-state index in [1.807, 2.05) is 0 Å². The van der Waals surface area contributed by atoms with Crippen LogP contribution in [0.2, 0.25) is 5.02 Å². The molecular weight excluding hydrogens is 372 g/mol. The van der Waals surface area contributed by atoms with Crippen LogP contribution in [0.5, 0.6) is 5.75 Å². The van der Waals surface area contributed by atoms with E-state index in [0.29, 0.717) is 22.2 Å². The van der Waals surface area contributed by atoms with E-state index in [0.717, 1.165) is 4.57 Å². The SMILES string of the molecule is COc1ccc(NC(=O)c2cc(C)nc3c2c(=O)n(C)c(=O)n3C)cc1Cl. The average molecular weight is 389 g/mol. The third-order valence-electron chi connectivity index (χ3n) is 4.19. The first-order chi connectivity index (χ1) is 12.7. The van der Waals surface area contributed by atoms with Crippen molar-refractivity contribution in [2.24, 2.45) is 14.1 Å². The molecule has 3 aromatic rings. The molecule has 2 heterocycles. The summed E-state index contributed by atoms with van der Waals surface area (Å²) < 4.78 is 7.27. The summed E-state index contributed by atoms with van der Waals surface area (Å²) in [7, 11) is 4.35. The maximum absolute atomic E-state index is 12.9. The maximum atomic E-state index is 12.9. The number of ether oxygens (including phenoxy) is 1. The van der Waals surface area contributed by atoms with Crippen molar-refractivity contribution in [3.63, 3.8) is 0 Å². The highest BCUT2D eigenvalue weighted by atomic mass is 35.5. The molecule has 1 aromatic carbocycles. The highest BCUT2D eigenvalue weighted by molar-refractivity contribution is 6.32. The van der Waals surface area contributed by atoms with Crippen LogP contribution in [0.25, 0.3) is 11.0 Å². The topological polar surface area (TPSA) is 95.2 Å². The second-order valence-corrected chi connectivity index (χ2v) is 6.43. The van der Waals surface area contributed by atoms with Crippen molar-refractivity contribution < 1.29 is 9.53 Å². The van der Waals surface area contributed by atoms with Crippen LogP contribution in [-0.4, -0.2) is 27.1 Å². The highest BCUT2D eigenvalue weighted by Crippen LogP contribution is 2.27. The summed E-state index contributed by atoms with van der Waals surface area (Å²) in [6.45, 7) is 1.68. The van der Waals surface area contributed by atoms with E-state index in [1.54, 1.807) is 25.1 Å². The molecule has 0 aliphatic rings. The summed E-state index contributed by atoms with van der Waals surface area (Å²) in [4.78, 5) is 41.9. The van der Waals surface area contributed by atoms with Crippen LogP contribution >= 0.6 is 11.6 Å². The Morgan fingerprint density at radius 2 is 1.89 bits per heavy atom. The Bertz CT molecular complexity index is 1200. The van der Waals surface area contributed by atoms with Gasteiger partial charge in [0.1, 0.15) is 11.4 Å². The zero-order valence-electron chi connectivity index (χ0n) is 15.2.